The van der Waals surface area contributed by atoms with E-state index in [1.54, 1.807) is 24.3 Å². The number of hydrogen-bond donors (Lipinski definition) is 1. The molecule has 1 amide bonds. The van der Waals surface area contributed by atoms with E-state index < -0.39 is 10.0 Å². The number of carbonyl (C=O) groups is 1. The highest BCUT2D eigenvalue weighted by atomic mass is 32.2. The lowest BCUT2D eigenvalue weighted by atomic mass is 10.0. The first kappa shape index (κ1) is 20.9. The van der Waals surface area contributed by atoms with Crippen molar-refractivity contribution >= 4 is 21.6 Å². The summed E-state index contributed by atoms with van der Waals surface area (Å²) in [6.07, 6.45) is 1.27. The molecule has 0 heterocycles. The van der Waals surface area contributed by atoms with Gasteiger partial charge in [-0.1, -0.05) is 44.2 Å². The number of amides is 1. The quantitative estimate of drug-likeness (QED) is 0.751. The highest BCUT2D eigenvalue weighted by Crippen LogP contribution is 2.28. The maximum Gasteiger partial charge on any atom is 0.232 e. The average Bonchev–Trinajstić information content (AvgIpc) is 2.59. The van der Waals surface area contributed by atoms with Crippen LogP contribution in [0.4, 0.5) is 10.1 Å². The summed E-state index contributed by atoms with van der Waals surface area (Å²) in [5, 5.41) is 2.73. The van der Waals surface area contributed by atoms with Gasteiger partial charge in [-0.05, 0) is 35.2 Å². The van der Waals surface area contributed by atoms with Crippen molar-refractivity contribution in [1.82, 2.24) is 5.32 Å². The van der Waals surface area contributed by atoms with Crippen LogP contribution in [0.2, 0.25) is 0 Å². The topological polar surface area (TPSA) is 66.5 Å². The molecule has 0 aliphatic rings. The highest BCUT2D eigenvalue weighted by molar-refractivity contribution is 7.92. The Hall–Kier alpha value is -2.41. The third-order valence-electron chi connectivity index (χ3n) is 4.14. The van der Waals surface area contributed by atoms with Crippen LogP contribution in [-0.4, -0.2) is 33.7 Å². The lowest BCUT2D eigenvalue weighted by Crippen LogP contribution is -2.39. The van der Waals surface area contributed by atoms with Crippen LogP contribution in [0.3, 0.4) is 0 Å². The van der Waals surface area contributed by atoms with E-state index in [9.17, 15) is 17.6 Å². The third kappa shape index (κ3) is 6.06. The molecule has 0 spiro atoms. The molecule has 0 aromatic heterocycles. The van der Waals surface area contributed by atoms with Gasteiger partial charge in [0.25, 0.3) is 0 Å². The summed E-state index contributed by atoms with van der Waals surface area (Å²) in [5.41, 5.74) is 2.25. The molecular weight excluding hydrogens is 367 g/mol. The average molecular weight is 392 g/mol. The van der Waals surface area contributed by atoms with Crippen LogP contribution >= 0.6 is 0 Å². The highest BCUT2D eigenvalue weighted by Gasteiger charge is 2.21. The van der Waals surface area contributed by atoms with E-state index >= 15 is 0 Å². The maximum absolute atomic E-state index is 12.9. The van der Waals surface area contributed by atoms with Crippen molar-refractivity contribution in [2.24, 2.45) is 0 Å². The lowest BCUT2D eigenvalue weighted by molar-refractivity contribution is -0.120. The van der Waals surface area contributed by atoms with E-state index in [0.717, 1.165) is 11.8 Å². The number of sulfonamides is 1. The lowest BCUT2D eigenvalue weighted by Gasteiger charge is -2.26. The zero-order chi connectivity index (χ0) is 20.0. The van der Waals surface area contributed by atoms with Gasteiger partial charge in [0.2, 0.25) is 15.9 Å². The number of benzene rings is 2. The van der Waals surface area contributed by atoms with Crippen molar-refractivity contribution in [2.45, 2.75) is 26.2 Å². The van der Waals surface area contributed by atoms with E-state index in [1.165, 1.54) is 16.4 Å². The minimum absolute atomic E-state index is 0.113. The van der Waals surface area contributed by atoms with Crippen LogP contribution in [0.25, 0.3) is 0 Å². The van der Waals surface area contributed by atoms with Gasteiger partial charge in [0, 0.05) is 6.54 Å². The van der Waals surface area contributed by atoms with Gasteiger partial charge in [-0.2, -0.15) is 0 Å². The molecule has 0 fully saturated rings. The Labute approximate surface area is 160 Å². The minimum Gasteiger partial charge on any atom is -0.354 e. The van der Waals surface area contributed by atoms with Crippen LogP contribution in [0.5, 0.6) is 0 Å². The Bertz CT molecular complexity index is 880. The number of carbonyl (C=O) groups excluding carboxylic acids is 1. The summed E-state index contributed by atoms with van der Waals surface area (Å²) in [7, 11) is -3.50. The monoisotopic (exact) mass is 392 g/mol. The number of para-hydroxylation sites is 1. The molecule has 2 rings (SSSR count). The molecule has 0 radical (unpaired) electrons. The zero-order valence-corrected chi connectivity index (χ0v) is 16.6. The van der Waals surface area contributed by atoms with Crippen molar-refractivity contribution in [1.29, 1.82) is 0 Å². The predicted molar refractivity (Wildman–Crippen MR) is 106 cm³/mol. The van der Waals surface area contributed by atoms with Gasteiger partial charge in [0.05, 0.1) is 24.9 Å². The number of anilines is 1. The standard InChI is InChI=1S/C20H25FN2O3S/c1-15(2)18-6-4-5-7-19(18)23(27(3,25)26)13-12-22-20(24)14-16-8-10-17(21)11-9-16/h4-11,15H,12-14H2,1-3H3,(H,22,24). The fourth-order valence-electron chi connectivity index (χ4n) is 2.81. The molecule has 7 heteroatoms. The molecule has 2 aromatic rings. The normalized spacial score (nSPS) is 11.4. The Morgan fingerprint density at radius 1 is 1.11 bits per heavy atom. The first-order chi connectivity index (χ1) is 12.7. The Morgan fingerprint density at radius 2 is 1.74 bits per heavy atom. The van der Waals surface area contributed by atoms with Crippen LogP contribution in [0, 0.1) is 5.82 Å². The molecule has 1 N–H and O–H groups in total. The van der Waals surface area contributed by atoms with Gasteiger partial charge < -0.3 is 5.32 Å². The van der Waals surface area contributed by atoms with Crippen molar-refractivity contribution < 1.29 is 17.6 Å². The molecule has 2 aromatic carbocycles. The van der Waals surface area contributed by atoms with Gasteiger partial charge >= 0.3 is 0 Å². The molecule has 0 aliphatic carbocycles. The number of hydrogen-bond acceptors (Lipinski definition) is 3. The SMILES string of the molecule is CC(C)c1ccccc1N(CCNC(=O)Cc1ccc(F)cc1)S(C)(=O)=O. The molecule has 0 atom stereocenters. The summed E-state index contributed by atoms with van der Waals surface area (Å²) < 4.78 is 38.8. The molecular formula is C20H25FN2O3S. The largest absolute Gasteiger partial charge is 0.354 e. The van der Waals surface area contributed by atoms with E-state index in [4.69, 9.17) is 0 Å². The van der Waals surface area contributed by atoms with Gasteiger partial charge in [0.1, 0.15) is 5.82 Å². The summed E-state index contributed by atoms with van der Waals surface area (Å²) in [4.78, 5) is 12.1. The van der Waals surface area contributed by atoms with E-state index in [0.29, 0.717) is 11.3 Å². The Morgan fingerprint density at radius 3 is 2.33 bits per heavy atom. The molecule has 0 aliphatic heterocycles. The Balaban J connectivity index is 2.04. The van der Waals surface area contributed by atoms with Crippen molar-refractivity contribution in [3.8, 4) is 0 Å². The molecule has 146 valence electrons. The molecule has 27 heavy (non-hydrogen) atoms. The van der Waals surface area contributed by atoms with Gasteiger partial charge in [-0.25, -0.2) is 12.8 Å². The fraction of sp³-hybridized carbons (Fsp3) is 0.350. The third-order valence-corrected chi connectivity index (χ3v) is 5.32. The summed E-state index contributed by atoms with van der Waals surface area (Å²) in [6.45, 7) is 4.32. The van der Waals surface area contributed by atoms with E-state index in [1.807, 2.05) is 26.0 Å². The number of nitrogens with zero attached hydrogens (tertiary/aromatic N) is 1. The van der Waals surface area contributed by atoms with Crippen molar-refractivity contribution in [2.75, 3.05) is 23.7 Å². The second kappa shape index (κ2) is 8.99. The van der Waals surface area contributed by atoms with Crippen LogP contribution < -0.4 is 9.62 Å². The second-order valence-electron chi connectivity index (χ2n) is 6.70. The predicted octanol–water partition coefficient (Wildman–Crippen LogP) is 3.07. The van der Waals surface area contributed by atoms with Crippen LogP contribution in [0.1, 0.15) is 30.9 Å². The van der Waals surface area contributed by atoms with Crippen molar-refractivity contribution in [3.05, 3.63) is 65.5 Å². The number of rotatable bonds is 8. The smallest absolute Gasteiger partial charge is 0.232 e. The van der Waals surface area contributed by atoms with E-state index in [-0.39, 0.29) is 37.2 Å². The van der Waals surface area contributed by atoms with Gasteiger partial charge in [-0.3, -0.25) is 9.10 Å². The minimum atomic E-state index is -3.50. The second-order valence-corrected chi connectivity index (χ2v) is 8.61. The molecule has 0 saturated heterocycles. The summed E-state index contributed by atoms with van der Waals surface area (Å²) in [5.74, 6) is -0.433. The first-order valence-electron chi connectivity index (χ1n) is 8.76. The molecule has 0 bridgehead atoms. The summed E-state index contributed by atoms with van der Waals surface area (Å²) in [6, 6.07) is 13.1. The van der Waals surface area contributed by atoms with E-state index in [2.05, 4.69) is 5.32 Å². The first-order valence-corrected chi connectivity index (χ1v) is 10.6. The molecule has 0 saturated carbocycles. The summed E-state index contributed by atoms with van der Waals surface area (Å²) >= 11 is 0. The number of nitrogens with one attached hydrogen (secondary N) is 1. The van der Waals surface area contributed by atoms with Crippen LogP contribution in [0.15, 0.2) is 48.5 Å². The molecule has 0 unspecified atom stereocenters. The zero-order valence-electron chi connectivity index (χ0n) is 15.8. The van der Waals surface area contributed by atoms with Crippen LogP contribution in [-0.2, 0) is 21.2 Å². The molecule has 5 nitrogen and oxygen atoms in total. The number of halogens is 1. The van der Waals surface area contributed by atoms with Gasteiger partial charge in [0.15, 0.2) is 0 Å². The van der Waals surface area contributed by atoms with Gasteiger partial charge in [-0.15, -0.1) is 0 Å². The van der Waals surface area contributed by atoms with Crippen molar-refractivity contribution in [3.63, 3.8) is 0 Å². The Kier molecular flexibility index (Phi) is 6.96. The fourth-order valence-corrected chi connectivity index (χ4v) is 3.76. The maximum atomic E-state index is 12.9.